The first-order chi connectivity index (χ1) is 15.1. The Balaban J connectivity index is 2.23. The van der Waals surface area contributed by atoms with Gasteiger partial charge in [-0.2, -0.15) is 8.42 Å². The molecular weight excluding hydrogens is 510 g/mol. The molecule has 0 aliphatic carbocycles. The zero-order valence-electron chi connectivity index (χ0n) is 19.1. The van der Waals surface area contributed by atoms with Crippen molar-refractivity contribution in [1.29, 1.82) is 0 Å². The maximum Gasteiger partial charge on any atom is 0.264 e. The Morgan fingerprint density at radius 1 is 1.22 bits per heavy atom. The van der Waals surface area contributed by atoms with Crippen LogP contribution < -0.4 is 10.2 Å². The second kappa shape index (κ2) is 11.9. The Bertz CT molecular complexity index is 920. The average molecular weight is 542 g/mol. The molecule has 0 spiro atoms. The second-order valence-electron chi connectivity index (χ2n) is 7.80. The van der Waals surface area contributed by atoms with E-state index in [4.69, 9.17) is 27.9 Å². The van der Waals surface area contributed by atoms with Gasteiger partial charge in [0.2, 0.25) is 5.43 Å². The number of methoxy groups -OCH3 is 3. The molecular formula is C20H32BrNO9S. The molecule has 0 aromatic carbocycles. The minimum absolute atomic E-state index is 0.0216. The van der Waals surface area contributed by atoms with Crippen molar-refractivity contribution in [3.05, 3.63) is 26.6 Å². The highest BCUT2D eigenvalue weighted by Gasteiger charge is 2.49. The summed E-state index contributed by atoms with van der Waals surface area (Å²) in [6.45, 7) is 3.33. The molecule has 2 rings (SSSR count). The third kappa shape index (κ3) is 6.52. The quantitative estimate of drug-likeness (QED) is 0.210. The Kier molecular flexibility index (Phi) is 10.1. The number of rotatable bonds is 13. The Morgan fingerprint density at radius 2 is 1.94 bits per heavy atom. The van der Waals surface area contributed by atoms with Gasteiger partial charge in [0.15, 0.2) is 5.75 Å². The van der Waals surface area contributed by atoms with Gasteiger partial charge >= 0.3 is 0 Å². The normalized spacial score (nSPS) is 23.2. The minimum atomic E-state index is -3.46. The summed E-state index contributed by atoms with van der Waals surface area (Å²) in [5.41, 5.74) is -0.204. The summed E-state index contributed by atoms with van der Waals surface area (Å²) in [4.78, 5) is 12.7. The molecule has 1 aliphatic heterocycles. The fourth-order valence-corrected chi connectivity index (χ4v) is 4.76. The van der Waals surface area contributed by atoms with Crippen LogP contribution in [0, 0.1) is 5.41 Å². The molecule has 0 amide bonds. The molecule has 1 aliphatic rings. The number of hydrogen-bond acceptors (Lipinski definition) is 9. The molecule has 0 saturated heterocycles. The molecule has 10 nitrogen and oxygen atoms in total. The van der Waals surface area contributed by atoms with E-state index in [1.807, 2.05) is 11.5 Å². The molecule has 2 heterocycles. The topological polar surface area (TPSA) is 112 Å². The van der Waals surface area contributed by atoms with Crippen LogP contribution >= 0.6 is 15.9 Å². The highest BCUT2D eigenvalue weighted by molar-refractivity contribution is 9.10. The molecule has 0 N–H and O–H groups in total. The number of halogens is 1. The highest BCUT2D eigenvalue weighted by atomic mass is 79.9. The predicted octanol–water partition coefficient (Wildman–Crippen LogP) is 2.09. The lowest BCUT2D eigenvalue weighted by Crippen LogP contribution is -2.49. The summed E-state index contributed by atoms with van der Waals surface area (Å²) in [5, 5.41) is 0. The number of aromatic nitrogens is 1. The van der Waals surface area contributed by atoms with Gasteiger partial charge in [-0.05, 0) is 28.8 Å². The number of pyridine rings is 1. The monoisotopic (exact) mass is 541 g/mol. The van der Waals surface area contributed by atoms with Crippen LogP contribution in [0.15, 0.2) is 15.5 Å². The van der Waals surface area contributed by atoms with Crippen LogP contribution in [0.25, 0.3) is 0 Å². The molecule has 184 valence electrons. The largest absolute Gasteiger partial charge is 0.491 e. The van der Waals surface area contributed by atoms with E-state index in [0.717, 1.165) is 6.26 Å². The maximum atomic E-state index is 12.7. The van der Waals surface area contributed by atoms with Crippen LogP contribution in [0.2, 0.25) is 0 Å². The van der Waals surface area contributed by atoms with Gasteiger partial charge in [0.25, 0.3) is 10.1 Å². The molecule has 3 atom stereocenters. The zero-order valence-corrected chi connectivity index (χ0v) is 21.5. The minimum Gasteiger partial charge on any atom is -0.491 e. The van der Waals surface area contributed by atoms with Crippen molar-refractivity contribution in [2.45, 2.75) is 38.5 Å². The van der Waals surface area contributed by atoms with Crippen LogP contribution in [0.5, 0.6) is 5.75 Å². The van der Waals surface area contributed by atoms with Gasteiger partial charge in [-0.25, -0.2) is 0 Å². The molecule has 32 heavy (non-hydrogen) atoms. The van der Waals surface area contributed by atoms with E-state index in [1.165, 1.54) is 14.2 Å². The summed E-state index contributed by atoms with van der Waals surface area (Å²) in [6.07, 6.45) is 2.93. The smallest absolute Gasteiger partial charge is 0.264 e. The molecule has 12 heteroatoms. The van der Waals surface area contributed by atoms with Crippen molar-refractivity contribution < 1.29 is 36.3 Å². The highest BCUT2D eigenvalue weighted by Crippen LogP contribution is 2.49. The SMILES string of the molecule is COCOC1c2c(OC)c(=O)c(Br)cn2CC(OC)C1(C)CCOCCCOS(C)(=O)=O. The fourth-order valence-electron chi connectivity index (χ4n) is 3.91. The molecule has 0 saturated carbocycles. The molecule has 3 unspecified atom stereocenters. The summed E-state index contributed by atoms with van der Waals surface area (Å²) in [6, 6.07) is 0. The van der Waals surface area contributed by atoms with Crippen molar-refractivity contribution in [2.75, 3.05) is 54.2 Å². The van der Waals surface area contributed by atoms with Gasteiger partial charge in [-0.1, -0.05) is 6.92 Å². The van der Waals surface area contributed by atoms with Crippen molar-refractivity contribution in [3.63, 3.8) is 0 Å². The Hall–Kier alpha value is -1.02. The lowest BCUT2D eigenvalue weighted by Gasteiger charge is -2.47. The predicted molar refractivity (Wildman–Crippen MR) is 120 cm³/mol. The summed E-state index contributed by atoms with van der Waals surface area (Å²) in [7, 11) is 1.17. The molecule has 1 aromatic rings. The van der Waals surface area contributed by atoms with Crippen LogP contribution in [0.1, 0.15) is 31.6 Å². The van der Waals surface area contributed by atoms with Crippen LogP contribution in [0.3, 0.4) is 0 Å². The Labute approximate surface area is 197 Å². The first-order valence-electron chi connectivity index (χ1n) is 10.1. The third-order valence-corrected chi connectivity index (χ3v) is 6.70. The van der Waals surface area contributed by atoms with Gasteiger partial charge < -0.3 is 28.3 Å². The van der Waals surface area contributed by atoms with E-state index in [9.17, 15) is 13.2 Å². The van der Waals surface area contributed by atoms with Crippen molar-refractivity contribution >= 4 is 26.0 Å². The van der Waals surface area contributed by atoms with Gasteiger partial charge in [-0.15, -0.1) is 0 Å². The maximum absolute atomic E-state index is 12.7. The van der Waals surface area contributed by atoms with E-state index in [-0.39, 0.29) is 30.7 Å². The summed E-state index contributed by atoms with van der Waals surface area (Å²) in [5.74, 6) is 0.208. The first-order valence-corrected chi connectivity index (χ1v) is 12.7. The number of ether oxygens (including phenoxy) is 5. The first kappa shape index (κ1) is 27.2. The van der Waals surface area contributed by atoms with Crippen LogP contribution in [0.4, 0.5) is 0 Å². The zero-order chi connectivity index (χ0) is 23.9. The molecule has 0 fully saturated rings. The van der Waals surface area contributed by atoms with Crippen LogP contribution in [-0.2, 0) is 39.8 Å². The summed E-state index contributed by atoms with van der Waals surface area (Å²) < 4.78 is 57.3. The number of fused-ring (bicyclic) bond motifs is 1. The standard InChI is InChI=1S/C20H32BrNO9S/c1-20(7-10-29-8-6-9-31-32(5,24)25)15(27-3)12-22-11-14(21)17(23)18(28-4)16(22)19(20)30-13-26-2/h11,15,19H,6-10,12-13H2,1-5H3. The lowest BCUT2D eigenvalue weighted by atomic mass is 9.72. The van der Waals surface area contributed by atoms with Crippen LogP contribution in [-0.4, -0.2) is 73.3 Å². The van der Waals surface area contributed by atoms with E-state index in [2.05, 4.69) is 15.9 Å². The number of hydrogen-bond donors (Lipinski definition) is 0. The van der Waals surface area contributed by atoms with Crippen molar-refractivity contribution in [3.8, 4) is 5.75 Å². The van der Waals surface area contributed by atoms with E-state index < -0.39 is 21.6 Å². The average Bonchev–Trinajstić information content (AvgIpc) is 2.73. The molecule has 0 radical (unpaired) electrons. The third-order valence-electron chi connectivity index (χ3n) is 5.54. The lowest BCUT2D eigenvalue weighted by molar-refractivity contribution is -0.177. The van der Waals surface area contributed by atoms with Gasteiger partial charge in [0.1, 0.15) is 12.9 Å². The van der Waals surface area contributed by atoms with E-state index >= 15 is 0 Å². The van der Waals surface area contributed by atoms with Gasteiger partial charge in [0.05, 0.1) is 36.2 Å². The van der Waals surface area contributed by atoms with Crippen molar-refractivity contribution in [2.24, 2.45) is 5.41 Å². The number of nitrogens with zero attached hydrogens (tertiary/aromatic N) is 1. The fraction of sp³-hybridized carbons (Fsp3) is 0.750. The summed E-state index contributed by atoms with van der Waals surface area (Å²) >= 11 is 3.31. The van der Waals surface area contributed by atoms with E-state index in [1.54, 1.807) is 13.3 Å². The van der Waals surface area contributed by atoms with E-state index in [0.29, 0.717) is 42.8 Å². The molecule has 0 bridgehead atoms. The Morgan fingerprint density at radius 3 is 2.53 bits per heavy atom. The van der Waals surface area contributed by atoms with Crippen molar-refractivity contribution in [1.82, 2.24) is 4.57 Å². The van der Waals surface area contributed by atoms with Gasteiger partial charge in [0, 0.05) is 45.6 Å². The molecule has 1 aromatic heterocycles. The second-order valence-corrected chi connectivity index (χ2v) is 10.3. The van der Waals surface area contributed by atoms with Gasteiger partial charge in [-0.3, -0.25) is 8.98 Å².